The topological polar surface area (TPSA) is 142 Å². The Balaban J connectivity index is 2.51. The predicted molar refractivity (Wildman–Crippen MR) is 99.6 cm³/mol. The number of imide groups is 1. The fraction of sp³-hybridized carbons (Fsp3) is 0.667. The Kier molecular flexibility index (Phi) is 10.3. The summed E-state index contributed by atoms with van der Waals surface area (Å²) in [6.45, 7) is 4.32. The first-order chi connectivity index (χ1) is 13.8. The number of amides is 5. The third-order valence-corrected chi connectivity index (χ3v) is 4.14. The molecule has 2 N–H and O–H groups in total. The van der Waals surface area contributed by atoms with E-state index in [1.54, 1.807) is 13.8 Å². The number of rotatable bonds is 12. The maximum atomic E-state index is 12.4. The van der Waals surface area contributed by atoms with Crippen molar-refractivity contribution in [1.82, 2.24) is 20.6 Å². The molecule has 0 unspecified atom stereocenters. The molecule has 1 saturated heterocycles. The number of hydrogen-bond donors (Lipinski definition) is 2. The van der Waals surface area contributed by atoms with Crippen LogP contribution in [0.4, 0.5) is 0 Å². The van der Waals surface area contributed by atoms with E-state index in [4.69, 9.17) is 4.84 Å². The lowest BCUT2D eigenvalue weighted by molar-refractivity contribution is -0.197. The number of hydrogen-bond acceptors (Lipinski definition) is 7. The summed E-state index contributed by atoms with van der Waals surface area (Å²) in [5.74, 6) is -2.72. The highest BCUT2D eigenvalue weighted by Crippen LogP contribution is 2.13. The van der Waals surface area contributed by atoms with Crippen molar-refractivity contribution < 1.29 is 33.6 Å². The average molecular weight is 412 g/mol. The molecule has 0 spiro atoms. The summed E-state index contributed by atoms with van der Waals surface area (Å²) in [6, 6.07) is 0. The van der Waals surface area contributed by atoms with Crippen LogP contribution in [0.3, 0.4) is 0 Å². The molecule has 11 heteroatoms. The summed E-state index contributed by atoms with van der Waals surface area (Å²) in [5, 5.41) is 5.75. The third kappa shape index (κ3) is 8.71. The molecule has 0 aromatic heterocycles. The molecule has 0 bridgehead atoms. The fourth-order valence-corrected chi connectivity index (χ4v) is 2.44. The zero-order valence-corrected chi connectivity index (χ0v) is 16.8. The van der Waals surface area contributed by atoms with Crippen molar-refractivity contribution in [2.45, 2.75) is 52.4 Å². The average Bonchev–Trinajstić information content (AvgIpc) is 3.02. The molecule has 0 radical (unpaired) electrons. The van der Waals surface area contributed by atoms with Crippen LogP contribution < -0.4 is 10.6 Å². The SMILES string of the molecule is CCC(=O)NCCN(CCNC(=O)CC)C(=O)CCC(=O)ON1C(=O)CCC1=O. The van der Waals surface area contributed by atoms with Gasteiger partial charge in [-0.05, 0) is 0 Å². The van der Waals surface area contributed by atoms with Crippen LogP contribution in [0, 0.1) is 0 Å². The van der Waals surface area contributed by atoms with Crippen LogP contribution in [0.25, 0.3) is 0 Å². The molecular weight excluding hydrogens is 384 g/mol. The van der Waals surface area contributed by atoms with Crippen LogP contribution in [0.5, 0.6) is 0 Å². The minimum absolute atomic E-state index is 0.00815. The molecule has 162 valence electrons. The Hall–Kier alpha value is -2.98. The van der Waals surface area contributed by atoms with Crippen molar-refractivity contribution in [1.29, 1.82) is 0 Å². The summed E-state index contributed by atoms with van der Waals surface area (Å²) >= 11 is 0. The van der Waals surface area contributed by atoms with Crippen LogP contribution in [-0.4, -0.2) is 71.6 Å². The molecule has 1 rings (SSSR count). The van der Waals surface area contributed by atoms with Gasteiger partial charge in [-0.1, -0.05) is 13.8 Å². The Bertz CT molecular complexity index is 612. The van der Waals surface area contributed by atoms with Crippen molar-refractivity contribution in [2.24, 2.45) is 0 Å². The Labute approximate surface area is 169 Å². The van der Waals surface area contributed by atoms with Crippen molar-refractivity contribution in [2.75, 3.05) is 26.2 Å². The zero-order valence-electron chi connectivity index (χ0n) is 16.8. The molecule has 1 heterocycles. The minimum Gasteiger partial charge on any atom is -0.354 e. The van der Waals surface area contributed by atoms with Gasteiger partial charge in [0.25, 0.3) is 11.8 Å². The van der Waals surface area contributed by atoms with Gasteiger partial charge in [0.05, 0.1) is 6.42 Å². The maximum absolute atomic E-state index is 12.4. The van der Waals surface area contributed by atoms with Crippen LogP contribution in [0.2, 0.25) is 0 Å². The lowest BCUT2D eigenvalue weighted by atomic mass is 10.2. The molecule has 1 fully saturated rings. The second-order valence-electron chi connectivity index (χ2n) is 6.33. The molecule has 11 nitrogen and oxygen atoms in total. The largest absolute Gasteiger partial charge is 0.354 e. The van der Waals surface area contributed by atoms with Gasteiger partial charge in [0.1, 0.15) is 0 Å². The van der Waals surface area contributed by atoms with Crippen molar-refractivity contribution in [3.8, 4) is 0 Å². The molecule has 0 aromatic carbocycles. The number of carbonyl (C=O) groups excluding carboxylic acids is 6. The standard InChI is InChI=1S/C18H28N4O7/c1-3-13(23)19-9-11-21(12-10-20-14(24)4-2)15(25)7-8-18(28)29-22-16(26)5-6-17(22)27/h3-12H2,1-2H3,(H,19,23)(H,20,24). The van der Waals surface area contributed by atoms with Gasteiger partial charge in [-0.2, -0.15) is 0 Å². The summed E-state index contributed by atoms with van der Waals surface area (Å²) in [6.07, 6.45) is 0.117. The van der Waals surface area contributed by atoms with Gasteiger partial charge in [0, 0.05) is 58.3 Å². The van der Waals surface area contributed by atoms with Gasteiger partial charge in [-0.3, -0.25) is 24.0 Å². The summed E-state index contributed by atoms with van der Waals surface area (Å²) in [7, 11) is 0. The van der Waals surface area contributed by atoms with Gasteiger partial charge < -0.3 is 20.4 Å². The van der Waals surface area contributed by atoms with Crippen LogP contribution in [0.1, 0.15) is 52.4 Å². The highest BCUT2D eigenvalue weighted by atomic mass is 16.7. The Morgan fingerprint density at radius 2 is 1.38 bits per heavy atom. The smallest absolute Gasteiger partial charge is 0.333 e. The highest BCUT2D eigenvalue weighted by Gasteiger charge is 2.32. The van der Waals surface area contributed by atoms with Crippen LogP contribution in [-0.2, 0) is 33.6 Å². The van der Waals surface area contributed by atoms with Gasteiger partial charge in [-0.15, -0.1) is 5.06 Å². The first-order valence-electron chi connectivity index (χ1n) is 9.66. The van der Waals surface area contributed by atoms with Gasteiger partial charge in [0.15, 0.2) is 0 Å². The number of nitrogens with one attached hydrogen (secondary N) is 2. The normalized spacial score (nSPS) is 13.2. The predicted octanol–water partition coefficient (Wildman–Crippen LogP) is -0.745. The monoisotopic (exact) mass is 412 g/mol. The minimum atomic E-state index is -0.861. The van der Waals surface area contributed by atoms with Crippen molar-refractivity contribution >= 4 is 35.5 Å². The third-order valence-electron chi connectivity index (χ3n) is 4.14. The molecule has 1 aliphatic rings. The second kappa shape index (κ2) is 12.5. The molecule has 0 atom stereocenters. The molecule has 0 saturated carbocycles. The van der Waals surface area contributed by atoms with E-state index in [1.807, 2.05) is 0 Å². The second-order valence-corrected chi connectivity index (χ2v) is 6.33. The number of hydroxylamine groups is 2. The van der Waals surface area contributed by atoms with E-state index >= 15 is 0 Å². The van der Waals surface area contributed by atoms with E-state index < -0.39 is 17.8 Å². The Morgan fingerprint density at radius 3 is 1.83 bits per heavy atom. The highest BCUT2D eigenvalue weighted by molar-refractivity contribution is 6.01. The van der Waals surface area contributed by atoms with E-state index in [9.17, 15) is 28.8 Å². The first-order valence-corrected chi connectivity index (χ1v) is 9.66. The van der Waals surface area contributed by atoms with E-state index in [0.29, 0.717) is 17.9 Å². The lowest BCUT2D eigenvalue weighted by Crippen LogP contribution is -2.42. The molecule has 0 aliphatic carbocycles. The van der Waals surface area contributed by atoms with Gasteiger partial charge in [-0.25, -0.2) is 4.79 Å². The van der Waals surface area contributed by atoms with Crippen LogP contribution in [0.15, 0.2) is 0 Å². The number of nitrogens with zero attached hydrogens (tertiary/aromatic N) is 2. The molecule has 1 aliphatic heterocycles. The lowest BCUT2D eigenvalue weighted by Gasteiger charge is -2.23. The molecular formula is C18H28N4O7. The van der Waals surface area contributed by atoms with E-state index in [1.165, 1.54) is 4.90 Å². The summed E-state index contributed by atoms with van der Waals surface area (Å²) in [5.41, 5.74) is 0. The van der Waals surface area contributed by atoms with Gasteiger partial charge >= 0.3 is 5.97 Å². The maximum Gasteiger partial charge on any atom is 0.333 e. The summed E-state index contributed by atoms with van der Waals surface area (Å²) in [4.78, 5) is 76.0. The van der Waals surface area contributed by atoms with E-state index in [2.05, 4.69) is 10.6 Å². The zero-order chi connectivity index (χ0) is 21.8. The summed E-state index contributed by atoms with van der Waals surface area (Å²) < 4.78 is 0. The van der Waals surface area contributed by atoms with E-state index in [0.717, 1.165) is 0 Å². The van der Waals surface area contributed by atoms with E-state index in [-0.39, 0.29) is 69.6 Å². The first kappa shape index (κ1) is 24.1. The molecule has 29 heavy (non-hydrogen) atoms. The number of carbonyl (C=O) groups is 6. The van der Waals surface area contributed by atoms with Crippen LogP contribution >= 0.6 is 0 Å². The molecule has 0 aromatic rings. The van der Waals surface area contributed by atoms with Gasteiger partial charge in [0.2, 0.25) is 17.7 Å². The molecule has 5 amide bonds. The fourth-order valence-electron chi connectivity index (χ4n) is 2.44. The Morgan fingerprint density at radius 1 is 0.897 bits per heavy atom. The quantitative estimate of drug-likeness (QED) is 0.402. The van der Waals surface area contributed by atoms with Crippen molar-refractivity contribution in [3.63, 3.8) is 0 Å². The van der Waals surface area contributed by atoms with Crippen molar-refractivity contribution in [3.05, 3.63) is 0 Å².